The van der Waals surface area contributed by atoms with Gasteiger partial charge in [0.2, 0.25) is 0 Å². The number of hydrogen-bond acceptors (Lipinski definition) is 1. The van der Waals surface area contributed by atoms with Crippen LogP contribution in [-0.2, 0) is 0 Å². The highest BCUT2D eigenvalue weighted by atomic mass is 79.9. The fourth-order valence-electron chi connectivity index (χ4n) is 3.01. The second-order valence-corrected chi connectivity index (χ2v) is 6.54. The molecule has 1 N–H and O–H groups in total. The van der Waals surface area contributed by atoms with Crippen LogP contribution in [0.2, 0.25) is 0 Å². The lowest BCUT2D eigenvalue weighted by atomic mass is 9.84. The largest absolute Gasteiger partial charge is 0.307 e. The van der Waals surface area contributed by atoms with Gasteiger partial charge in [0, 0.05) is 16.6 Å². The van der Waals surface area contributed by atoms with E-state index in [-0.39, 0.29) is 0 Å². The highest BCUT2D eigenvalue weighted by Crippen LogP contribution is 2.27. The van der Waals surface area contributed by atoms with Crippen LogP contribution in [0.3, 0.4) is 0 Å². The molecule has 1 nitrogen and oxygen atoms in total. The van der Waals surface area contributed by atoms with Gasteiger partial charge in [-0.15, -0.1) is 0 Å². The van der Waals surface area contributed by atoms with Crippen LogP contribution in [0, 0.1) is 5.92 Å². The van der Waals surface area contributed by atoms with Crippen molar-refractivity contribution in [2.45, 2.75) is 58.0 Å². The first kappa shape index (κ1) is 14.1. The lowest BCUT2D eigenvalue weighted by Crippen LogP contribution is -2.36. The van der Waals surface area contributed by atoms with Crippen LogP contribution in [0.15, 0.2) is 28.7 Å². The van der Waals surface area contributed by atoms with Gasteiger partial charge in [-0.3, -0.25) is 0 Å². The Morgan fingerprint density at radius 2 is 1.67 bits per heavy atom. The van der Waals surface area contributed by atoms with E-state index in [1.54, 1.807) is 0 Å². The summed E-state index contributed by atoms with van der Waals surface area (Å²) in [6.07, 6.45) is 7.08. The molecule has 0 spiro atoms. The molecule has 1 aliphatic carbocycles. The molecular weight excluding hydrogens is 286 g/mol. The minimum absolute atomic E-state index is 0.440. The van der Waals surface area contributed by atoms with E-state index < -0.39 is 0 Å². The standard InChI is InChI=1S/C16H24BrN/c1-12(14-6-4-3-5-7-14)18-13(2)15-8-10-16(17)11-9-15/h8-14,18H,3-7H2,1-2H3/t12-,13?/m0/s1. The van der Waals surface area contributed by atoms with E-state index in [0.29, 0.717) is 12.1 Å². The van der Waals surface area contributed by atoms with Gasteiger partial charge in [-0.05, 0) is 50.3 Å². The fourth-order valence-corrected chi connectivity index (χ4v) is 3.28. The summed E-state index contributed by atoms with van der Waals surface area (Å²) >= 11 is 3.49. The van der Waals surface area contributed by atoms with Crippen LogP contribution >= 0.6 is 15.9 Å². The summed E-state index contributed by atoms with van der Waals surface area (Å²) in [5, 5.41) is 3.77. The van der Waals surface area contributed by atoms with E-state index in [0.717, 1.165) is 10.4 Å². The van der Waals surface area contributed by atoms with Crippen LogP contribution in [0.25, 0.3) is 0 Å². The maximum atomic E-state index is 3.77. The molecule has 1 aliphatic rings. The molecule has 1 aromatic rings. The van der Waals surface area contributed by atoms with Crippen molar-refractivity contribution in [1.29, 1.82) is 0 Å². The van der Waals surface area contributed by atoms with Crippen molar-refractivity contribution >= 4 is 15.9 Å². The van der Waals surface area contributed by atoms with E-state index in [4.69, 9.17) is 0 Å². The number of halogens is 1. The summed E-state index contributed by atoms with van der Waals surface area (Å²) in [5.41, 5.74) is 1.38. The van der Waals surface area contributed by atoms with E-state index in [1.165, 1.54) is 37.7 Å². The molecule has 1 saturated carbocycles. The second kappa shape index (κ2) is 6.72. The molecule has 1 aromatic carbocycles. The Labute approximate surface area is 119 Å². The molecule has 18 heavy (non-hydrogen) atoms. The van der Waals surface area contributed by atoms with Crippen molar-refractivity contribution in [1.82, 2.24) is 5.32 Å². The van der Waals surface area contributed by atoms with Gasteiger partial charge in [0.05, 0.1) is 0 Å². The second-order valence-electron chi connectivity index (χ2n) is 5.63. The SMILES string of the molecule is CC(N[C@@H](C)C1CCCCC1)c1ccc(Br)cc1. The third kappa shape index (κ3) is 3.83. The van der Waals surface area contributed by atoms with Gasteiger partial charge in [-0.2, -0.15) is 0 Å². The van der Waals surface area contributed by atoms with Crippen LogP contribution in [-0.4, -0.2) is 6.04 Å². The first-order valence-corrected chi connectivity index (χ1v) is 7.97. The Hall–Kier alpha value is -0.340. The molecule has 0 bridgehead atoms. The molecule has 0 heterocycles. The van der Waals surface area contributed by atoms with E-state index in [2.05, 4.69) is 59.4 Å². The Bertz CT molecular complexity index is 354. The van der Waals surface area contributed by atoms with Crippen LogP contribution < -0.4 is 5.32 Å². The Balaban J connectivity index is 1.89. The zero-order valence-corrected chi connectivity index (χ0v) is 13.0. The Morgan fingerprint density at radius 3 is 2.28 bits per heavy atom. The van der Waals surface area contributed by atoms with Gasteiger partial charge in [0.15, 0.2) is 0 Å². The maximum absolute atomic E-state index is 3.77. The van der Waals surface area contributed by atoms with Gasteiger partial charge in [-0.1, -0.05) is 47.3 Å². The van der Waals surface area contributed by atoms with Crippen molar-refractivity contribution < 1.29 is 0 Å². The van der Waals surface area contributed by atoms with Crippen molar-refractivity contribution in [2.24, 2.45) is 5.92 Å². The normalized spacial score (nSPS) is 20.6. The van der Waals surface area contributed by atoms with Gasteiger partial charge >= 0.3 is 0 Å². The van der Waals surface area contributed by atoms with Gasteiger partial charge in [-0.25, -0.2) is 0 Å². The number of nitrogens with one attached hydrogen (secondary N) is 1. The molecule has 1 fully saturated rings. The zero-order chi connectivity index (χ0) is 13.0. The maximum Gasteiger partial charge on any atom is 0.0294 e. The van der Waals surface area contributed by atoms with E-state index in [1.807, 2.05) is 0 Å². The lowest BCUT2D eigenvalue weighted by Gasteiger charge is -2.30. The molecule has 2 atom stereocenters. The van der Waals surface area contributed by atoms with Gasteiger partial charge < -0.3 is 5.32 Å². The summed E-state index contributed by atoms with van der Waals surface area (Å²) in [7, 11) is 0. The Kier molecular flexibility index (Phi) is 5.25. The van der Waals surface area contributed by atoms with E-state index in [9.17, 15) is 0 Å². The van der Waals surface area contributed by atoms with Crippen LogP contribution in [0.5, 0.6) is 0 Å². The molecule has 2 heteroatoms. The smallest absolute Gasteiger partial charge is 0.0294 e. The summed E-state index contributed by atoms with van der Waals surface area (Å²) in [4.78, 5) is 0. The van der Waals surface area contributed by atoms with Crippen molar-refractivity contribution in [3.63, 3.8) is 0 Å². The topological polar surface area (TPSA) is 12.0 Å². The van der Waals surface area contributed by atoms with Crippen LogP contribution in [0.1, 0.15) is 57.6 Å². The molecular formula is C16H24BrN. The van der Waals surface area contributed by atoms with Crippen molar-refractivity contribution in [3.8, 4) is 0 Å². The van der Waals surface area contributed by atoms with Gasteiger partial charge in [0.1, 0.15) is 0 Å². The van der Waals surface area contributed by atoms with Gasteiger partial charge in [0.25, 0.3) is 0 Å². The first-order valence-electron chi connectivity index (χ1n) is 7.18. The highest BCUT2D eigenvalue weighted by molar-refractivity contribution is 9.10. The predicted molar refractivity (Wildman–Crippen MR) is 81.7 cm³/mol. The molecule has 0 saturated heterocycles. The average molecular weight is 310 g/mol. The summed E-state index contributed by atoms with van der Waals surface area (Å²) < 4.78 is 1.15. The molecule has 0 aromatic heterocycles. The van der Waals surface area contributed by atoms with Crippen LogP contribution in [0.4, 0.5) is 0 Å². The summed E-state index contributed by atoms with van der Waals surface area (Å²) in [5.74, 6) is 0.872. The minimum Gasteiger partial charge on any atom is -0.307 e. The monoisotopic (exact) mass is 309 g/mol. The lowest BCUT2D eigenvalue weighted by molar-refractivity contribution is 0.268. The summed E-state index contributed by atoms with van der Waals surface area (Å²) in [6.45, 7) is 4.62. The molecule has 100 valence electrons. The molecule has 0 amide bonds. The molecule has 0 aliphatic heterocycles. The average Bonchev–Trinajstić information content (AvgIpc) is 2.40. The molecule has 0 radical (unpaired) electrons. The highest BCUT2D eigenvalue weighted by Gasteiger charge is 2.21. The fraction of sp³-hybridized carbons (Fsp3) is 0.625. The first-order chi connectivity index (χ1) is 8.66. The number of hydrogen-bond donors (Lipinski definition) is 1. The Morgan fingerprint density at radius 1 is 1.06 bits per heavy atom. The predicted octanol–water partition coefficient (Wildman–Crippen LogP) is 5.07. The van der Waals surface area contributed by atoms with Crippen molar-refractivity contribution in [2.75, 3.05) is 0 Å². The quantitative estimate of drug-likeness (QED) is 0.819. The third-order valence-electron chi connectivity index (χ3n) is 4.24. The molecule has 2 rings (SSSR count). The summed E-state index contributed by atoms with van der Waals surface area (Å²) in [6, 6.07) is 9.72. The minimum atomic E-state index is 0.440. The van der Waals surface area contributed by atoms with E-state index >= 15 is 0 Å². The molecule has 1 unspecified atom stereocenters. The number of rotatable bonds is 4. The number of benzene rings is 1. The third-order valence-corrected chi connectivity index (χ3v) is 4.77. The zero-order valence-electron chi connectivity index (χ0n) is 11.5. The van der Waals surface area contributed by atoms with Crippen molar-refractivity contribution in [3.05, 3.63) is 34.3 Å².